The lowest BCUT2D eigenvalue weighted by atomic mass is 10.0. The number of nitrogens with one attached hydrogen (secondary N) is 1. The molecule has 1 N–H and O–H groups in total. The second-order valence-electron chi connectivity index (χ2n) is 8.41. The summed E-state index contributed by atoms with van der Waals surface area (Å²) >= 11 is 0. The predicted octanol–water partition coefficient (Wildman–Crippen LogP) is 5.19. The molecule has 1 amide bonds. The summed E-state index contributed by atoms with van der Waals surface area (Å²) in [6.45, 7) is 10.4. The van der Waals surface area contributed by atoms with E-state index in [1.54, 1.807) is 29.8 Å². The van der Waals surface area contributed by atoms with Gasteiger partial charge in [0.25, 0.3) is 5.91 Å². The summed E-state index contributed by atoms with van der Waals surface area (Å²) in [5.41, 5.74) is 4.41. The third-order valence-electron chi connectivity index (χ3n) is 5.19. The Morgan fingerprint density at radius 1 is 1.06 bits per heavy atom. The summed E-state index contributed by atoms with van der Waals surface area (Å²) in [7, 11) is 0. The molecule has 1 heterocycles. The first-order valence-corrected chi connectivity index (χ1v) is 11.0. The Hall–Kier alpha value is -3.41. The van der Waals surface area contributed by atoms with E-state index in [0.29, 0.717) is 11.5 Å². The van der Waals surface area contributed by atoms with Crippen LogP contribution in [-0.2, 0) is 4.74 Å². The highest BCUT2D eigenvalue weighted by atomic mass is 16.5. The maximum Gasteiger partial charge on any atom is 0.358 e. The second kappa shape index (κ2) is 10.3. The number of hydrogen-bond donors (Lipinski definition) is 1. The SMILES string of the molecule is CCOC(=O)c1cc(-c2ccccc2C)n(-c2ccc(C(=O)NC(C)CC(C)C)cc2)n1. The molecule has 1 aromatic heterocycles. The quantitative estimate of drug-likeness (QED) is 0.496. The number of hydrogen-bond acceptors (Lipinski definition) is 4. The molecule has 0 spiro atoms. The fourth-order valence-corrected chi connectivity index (χ4v) is 3.76. The van der Waals surface area contributed by atoms with Crippen molar-refractivity contribution >= 4 is 11.9 Å². The van der Waals surface area contributed by atoms with Crippen LogP contribution in [0.4, 0.5) is 0 Å². The van der Waals surface area contributed by atoms with Crippen LogP contribution in [-0.4, -0.2) is 34.3 Å². The molecular formula is C26H31N3O3. The number of esters is 1. The molecule has 0 aliphatic heterocycles. The monoisotopic (exact) mass is 433 g/mol. The standard InChI is InChI=1S/C26H31N3O3/c1-6-32-26(31)23-16-24(22-10-8-7-9-18(22)4)29(28-23)21-13-11-20(12-14-21)25(30)27-19(5)15-17(2)3/h7-14,16-17,19H,6,15H2,1-5H3,(H,27,30). The molecular weight excluding hydrogens is 402 g/mol. The number of nitrogens with zero attached hydrogens (tertiary/aromatic N) is 2. The van der Waals surface area contributed by atoms with Gasteiger partial charge in [-0.25, -0.2) is 9.48 Å². The van der Waals surface area contributed by atoms with E-state index in [1.165, 1.54) is 0 Å². The number of carbonyl (C=O) groups is 2. The van der Waals surface area contributed by atoms with Crippen molar-refractivity contribution in [2.75, 3.05) is 6.61 Å². The topological polar surface area (TPSA) is 73.2 Å². The van der Waals surface area contributed by atoms with E-state index < -0.39 is 5.97 Å². The highest BCUT2D eigenvalue weighted by Gasteiger charge is 2.19. The zero-order chi connectivity index (χ0) is 23.3. The fraction of sp³-hybridized carbons (Fsp3) is 0.346. The highest BCUT2D eigenvalue weighted by molar-refractivity contribution is 5.94. The van der Waals surface area contributed by atoms with Crippen molar-refractivity contribution in [1.82, 2.24) is 15.1 Å². The molecule has 3 aromatic rings. The van der Waals surface area contributed by atoms with Crippen molar-refractivity contribution in [3.05, 3.63) is 71.4 Å². The van der Waals surface area contributed by atoms with Crippen LogP contribution in [0, 0.1) is 12.8 Å². The summed E-state index contributed by atoms with van der Waals surface area (Å²) in [6, 6.07) is 17.0. The van der Waals surface area contributed by atoms with Gasteiger partial charge in [0.05, 0.1) is 18.0 Å². The van der Waals surface area contributed by atoms with Gasteiger partial charge in [-0.15, -0.1) is 0 Å². The van der Waals surface area contributed by atoms with E-state index in [1.807, 2.05) is 50.2 Å². The lowest BCUT2D eigenvalue weighted by Crippen LogP contribution is -2.33. The van der Waals surface area contributed by atoms with Gasteiger partial charge in [0.2, 0.25) is 0 Å². The van der Waals surface area contributed by atoms with E-state index in [4.69, 9.17) is 4.74 Å². The van der Waals surface area contributed by atoms with Crippen LogP contribution in [0.3, 0.4) is 0 Å². The minimum Gasteiger partial charge on any atom is -0.461 e. The lowest BCUT2D eigenvalue weighted by molar-refractivity contribution is 0.0518. The van der Waals surface area contributed by atoms with Crippen LogP contribution >= 0.6 is 0 Å². The van der Waals surface area contributed by atoms with E-state index in [9.17, 15) is 9.59 Å². The van der Waals surface area contributed by atoms with Gasteiger partial charge in [-0.2, -0.15) is 5.10 Å². The van der Waals surface area contributed by atoms with Crippen molar-refractivity contribution < 1.29 is 14.3 Å². The lowest BCUT2D eigenvalue weighted by Gasteiger charge is -2.16. The number of benzene rings is 2. The van der Waals surface area contributed by atoms with Gasteiger partial charge >= 0.3 is 5.97 Å². The van der Waals surface area contributed by atoms with Gasteiger partial charge in [-0.3, -0.25) is 4.79 Å². The Balaban J connectivity index is 1.93. The number of aromatic nitrogens is 2. The molecule has 0 bridgehead atoms. The smallest absolute Gasteiger partial charge is 0.358 e. The molecule has 0 saturated carbocycles. The minimum absolute atomic E-state index is 0.100. The number of aryl methyl sites for hydroxylation is 1. The zero-order valence-corrected chi connectivity index (χ0v) is 19.4. The molecule has 0 aliphatic carbocycles. The predicted molar refractivity (Wildman–Crippen MR) is 126 cm³/mol. The Morgan fingerprint density at radius 2 is 1.75 bits per heavy atom. The van der Waals surface area contributed by atoms with Crippen LogP contribution in [0.15, 0.2) is 54.6 Å². The summed E-state index contributed by atoms with van der Waals surface area (Å²) in [5, 5.41) is 7.56. The van der Waals surface area contributed by atoms with Gasteiger partial charge in [-0.05, 0) is 69.0 Å². The Morgan fingerprint density at radius 3 is 2.38 bits per heavy atom. The Kier molecular flexibility index (Phi) is 7.46. The van der Waals surface area contributed by atoms with Crippen LogP contribution < -0.4 is 5.32 Å². The van der Waals surface area contributed by atoms with E-state index in [2.05, 4.69) is 24.3 Å². The molecule has 0 radical (unpaired) electrons. The molecule has 1 unspecified atom stereocenters. The van der Waals surface area contributed by atoms with Gasteiger partial charge in [0.15, 0.2) is 5.69 Å². The van der Waals surface area contributed by atoms with Crippen LogP contribution in [0.1, 0.15) is 60.5 Å². The zero-order valence-electron chi connectivity index (χ0n) is 19.4. The van der Waals surface area contributed by atoms with Crippen molar-refractivity contribution in [2.45, 2.75) is 47.1 Å². The van der Waals surface area contributed by atoms with E-state index in [0.717, 1.165) is 28.9 Å². The maximum absolute atomic E-state index is 12.6. The first-order valence-electron chi connectivity index (χ1n) is 11.0. The molecule has 1 atom stereocenters. The molecule has 2 aromatic carbocycles. The third-order valence-corrected chi connectivity index (χ3v) is 5.19. The van der Waals surface area contributed by atoms with Crippen molar-refractivity contribution in [2.24, 2.45) is 5.92 Å². The van der Waals surface area contributed by atoms with Gasteiger partial charge in [0, 0.05) is 17.2 Å². The Labute approximate surface area is 189 Å². The van der Waals surface area contributed by atoms with Crippen LogP contribution in [0.25, 0.3) is 16.9 Å². The average molecular weight is 434 g/mol. The summed E-state index contributed by atoms with van der Waals surface area (Å²) in [4.78, 5) is 24.9. The summed E-state index contributed by atoms with van der Waals surface area (Å²) in [5.74, 6) is -0.0475. The number of amides is 1. The van der Waals surface area contributed by atoms with Crippen molar-refractivity contribution in [3.8, 4) is 16.9 Å². The molecule has 0 aliphatic rings. The maximum atomic E-state index is 12.6. The first kappa shape index (κ1) is 23.3. The first-order chi connectivity index (χ1) is 15.3. The molecule has 6 heteroatoms. The van der Waals surface area contributed by atoms with Crippen LogP contribution in [0.2, 0.25) is 0 Å². The minimum atomic E-state index is -0.462. The molecule has 3 rings (SSSR count). The normalized spacial score (nSPS) is 11.9. The fourth-order valence-electron chi connectivity index (χ4n) is 3.76. The Bertz CT molecular complexity index is 1080. The largest absolute Gasteiger partial charge is 0.461 e. The van der Waals surface area contributed by atoms with Gasteiger partial charge in [-0.1, -0.05) is 38.1 Å². The number of rotatable bonds is 8. The molecule has 168 valence electrons. The third kappa shape index (κ3) is 5.44. The molecule has 6 nitrogen and oxygen atoms in total. The highest BCUT2D eigenvalue weighted by Crippen LogP contribution is 2.27. The van der Waals surface area contributed by atoms with Crippen molar-refractivity contribution in [1.29, 1.82) is 0 Å². The second-order valence-corrected chi connectivity index (χ2v) is 8.41. The van der Waals surface area contributed by atoms with Crippen molar-refractivity contribution in [3.63, 3.8) is 0 Å². The number of ether oxygens (including phenoxy) is 1. The van der Waals surface area contributed by atoms with E-state index >= 15 is 0 Å². The summed E-state index contributed by atoms with van der Waals surface area (Å²) < 4.78 is 6.87. The van der Waals surface area contributed by atoms with E-state index in [-0.39, 0.29) is 24.2 Å². The molecule has 32 heavy (non-hydrogen) atoms. The van der Waals surface area contributed by atoms with Gasteiger partial charge in [0.1, 0.15) is 0 Å². The average Bonchev–Trinajstić information content (AvgIpc) is 3.19. The van der Waals surface area contributed by atoms with Crippen LogP contribution in [0.5, 0.6) is 0 Å². The molecule has 0 saturated heterocycles. The summed E-state index contributed by atoms with van der Waals surface area (Å²) in [6.07, 6.45) is 0.924. The molecule has 0 fully saturated rings. The number of carbonyl (C=O) groups excluding carboxylic acids is 2. The van der Waals surface area contributed by atoms with Gasteiger partial charge < -0.3 is 10.1 Å².